The first-order valence-electron chi connectivity index (χ1n) is 4.70. The van der Waals surface area contributed by atoms with E-state index in [0.717, 1.165) is 12.1 Å². The summed E-state index contributed by atoms with van der Waals surface area (Å²) in [7, 11) is 1.57. The summed E-state index contributed by atoms with van der Waals surface area (Å²) in [6.45, 7) is 0. The summed E-state index contributed by atoms with van der Waals surface area (Å²) in [5, 5.41) is 6.16. The third-order valence-electron chi connectivity index (χ3n) is 2.09. The van der Waals surface area contributed by atoms with Crippen molar-refractivity contribution in [3.63, 3.8) is 0 Å². The summed E-state index contributed by atoms with van der Waals surface area (Å²) in [5.74, 6) is 0.112. The number of rotatable bonds is 2. The molecule has 4 nitrogen and oxygen atoms in total. The minimum Gasteiger partial charge on any atom is -0.341 e. The lowest BCUT2D eigenvalue weighted by atomic mass is 10.1. The molecule has 0 fully saturated rings. The van der Waals surface area contributed by atoms with Crippen LogP contribution in [0.25, 0.3) is 11.4 Å². The maximum absolute atomic E-state index is 12.5. The summed E-state index contributed by atoms with van der Waals surface area (Å²) in [5.41, 5.74) is -0.490. The van der Waals surface area contributed by atoms with Gasteiger partial charge >= 0.3 is 12.2 Å². The molecule has 7 heteroatoms. The van der Waals surface area contributed by atoms with Crippen molar-refractivity contribution < 1.29 is 17.7 Å². The van der Waals surface area contributed by atoms with Crippen molar-refractivity contribution in [2.45, 2.75) is 6.18 Å². The molecule has 0 atom stereocenters. The van der Waals surface area contributed by atoms with Crippen LogP contribution in [-0.4, -0.2) is 17.2 Å². The largest absolute Gasteiger partial charge is 0.416 e. The van der Waals surface area contributed by atoms with Crippen LogP contribution in [0, 0.1) is 0 Å². The topological polar surface area (TPSA) is 51.0 Å². The van der Waals surface area contributed by atoms with Gasteiger partial charge in [0.1, 0.15) is 0 Å². The Morgan fingerprint density at radius 3 is 2.65 bits per heavy atom. The van der Waals surface area contributed by atoms with Gasteiger partial charge in [-0.05, 0) is 12.1 Å². The number of hydrogen-bond donors (Lipinski definition) is 1. The van der Waals surface area contributed by atoms with Crippen molar-refractivity contribution >= 4 is 6.01 Å². The molecule has 2 rings (SSSR count). The Hall–Kier alpha value is -2.05. The van der Waals surface area contributed by atoms with Gasteiger partial charge in [0.25, 0.3) is 0 Å². The fourth-order valence-corrected chi connectivity index (χ4v) is 1.28. The quantitative estimate of drug-likeness (QED) is 0.881. The van der Waals surface area contributed by atoms with Crippen LogP contribution in [0.4, 0.5) is 19.2 Å². The van der Waals surface area contributed by atoms with E-state index in [9.17, 15) is 13.2 Å². The predicted molar refractivity (Wildman–Crippen MR) is 54.3 cm³/mol. The zero-order valence-electron chi connectivity index (χ0n) is 8.75. The highest BCUT2D eigenvalue weighted by molar-refractivity contribution is 5.56. The zero-order chi connectivity index (χ0) is 12.5. The molecule has 0 unspecified atom stereocenters. The highest BCUT2D eigenvalue weighted by atomic mass is 19.4. The van der Waals surface area contributed by atoms with E-state index in [1.165, 1.54) is 12.1 Å². The van der Waals surface area contributed by atoms with Crippen LogP contribution in [0.1, 0.15) is 5.56 Å². The van der Waals surface area contributed by atoms with Gasteiger partial charge in [-0.2, -0.15) is 18.2 Å². The average molecular weight is 243 g/mol. The lowest BCUT2D eigenvalue weighted by Gasteiger charge is -2.06. The van der Waals surface area contributed by atoms with Crippen molar-refractivity contribution in [2.24, 2.45) is 0 Å². The van der Waals surface area contributed by atoms with Crippen molar-refractivity contribution in [3.8, 4) is 11.4 Å². The number of nitrogens with one attached hydrogen (secondary N) is 1. The molecule has 0 saturated heterocycles. The van der Waals surface area contributed by atoms with Gasteiger partial charge < -0.3 is 9.84 Å². The van der Waals surface area contributed by atoms with E-state index in [0.29, 0.717) is 0 Å². The molecule has 17 heavy (non-hydrogen) atoms. The van der Waals surface area contributed by atoms with Gasteiger partial charge in [0, 0.05) is 12.6 Å². The maximum Gasteiger partial charge on any atom is 0.416 e. The third-order valence-corrected chi connectivity index (χ3v) is 2.09. The van der Waals surface area contributed by atoms with Gasteiger partial charge in [-0.1, -0.05) is 17.3 Å². The number of nitrogens with zero attached hydrogens (tertiary/aromatic N) is 2. The van der Waals surface area contributed by atoms with Crippen LogP contribution in [-0.2, 0) is 6.18 Å². The number of benzene rings is 1. The molecule has 0 saturated carbocycles. The van der Waals surface area contributed by atoms with Gasteiger partial charge in [0.15, 0.2) is 0 Å². The molecule has 90 valence electrons. The van der Waals surface area contributed by atoms with Crippen LogP contribution in [0.3, 0.4) is 0 Å². The fourth-order valence-electron chi connectivity index (χ4n) is 1.28. The Balaban J connectivity index is 2.39. The van der Waals surface area contributed by atoms with E-state index < -0.39 is 11.7 Å². The Morgan fingerprint density at radius 1 is 1.29 bits per heavy atom. The fraction of sp³-hybridized carbons (Fsp3) is 0.200. The third kappa shape index (κ3) is 2.38. The van der Waals surface area contributed by atoms with E-state index in [1.54, 1.807) is 7.05 Å². The van der Waals surface area contributed by atoms with Crippen LogP contribution in [0.15, 0.2) is 28.8 Å². The van der Waals surface area contributed by atoms with E-state index in [4.69, 9.17) is 4.52 Å². The minimum atomic E-state index is -4.38. The highest BCUT2D eigenvalue weighted by Gasteiger charge is 2.30. The lowest BCUT2D eigenvalue weighted by molar-refractivity contribution is -0.137. The molecule has 1 aromatic heterocycles. The number of halogens is 3. The molecule has 0 aliphatic rings. The molecular weight excluding hydrogens is 235 g/mol. The Labute approximate surface area is 94.4 Å². The van der Waals surface area contributed by atoms with Crippen LogP contribution in [0.5, 0.6) is 0 Å². The molecule has 0 aliphatic heterocycles. The summed E-state index contributed by atoms with van der Waals surface area (Å²) in [4.78, 5) is 3.87. The van der Waals surface area contributed by atoms with Gasteiger partial charge in [0.05, 0.1) is 5.56 Å². The van der Waals surface area contributed by atoms with Gasteiger partial charge in [-0.3, -0.25) is 0 Å². The van der Waals surface area contributed by atoms with Crippen molar-refractivity contribution in [1.29, 1.82) is 0 Å². The summed E-state index contributed by atoms with van der Waals surface area (Å²) < 4.78 is 42.2. The molecular formula is C10H8F3N3O. The minimum absolute atomic E-state index is 0.112. The first-order chi connectivity index (χ1) is 8.00. The average Bonchev–Trinajstić information content (AvgIpc) is 2.76. The van der Waals surface area contributed by atoms with E-state index in [1.807, 2.05) is 0 Å². The first kappa shape index (κ1) is 11.4. The van der Waals surface area contributed by atoms with Crippen LogP contribution in [0.2, 0.25) is 0 Å². The molecule has 0 bridgehead atoms. The second kappa shape index (κ2) is 4.08. The molecule has 0 aliphatic carbocycles. The van der Waals surface area contributed by atoms with E-state index in [-0.39, 0.29) is 17.4 Å². The summed E-state index contributed by atoms with van der Waals surface area (Å²) in [6.07, 6.45) is -4.38. The van der Waals surface area contributed by atoms with Crippen LogP contribution < -0.4 is 5.32 Å². The molecule has 0 radical (unpaired) electrons. The molecule has 1 heterocycles. The van der Waals surface area contributed by atoms with Gasteiger partial charge in [-0.15, -0.1) is 0 Å². The predicted octanol–water partition coefficient (Wildman–Crippen LogP) is 2.80. The molecule has 1 N–H and O–H groups in total. The summed E-state index contributed by atoms with van der Waals surface area (Å²) >= 11 is 0. The van der Waals surface area contributed by atoms with Crippen LogP contribution >= 0.6 is 0 Å². The normalized spacial score (nSPS) is 11.5. The van der Waals surface area contributed by atoms with Gasteiger partial charge in [0.2, 0.25) is 5.82 Å². The second-order valence-electron chi connectivity index (χ2n) is 3.25. The Kier molecular flexibility index (Phi) is 2.74. The lowest BCUT2D eigenvalue weighted by Crippen LogP contribution is -2.04. The molecule has 0 spiro atoms. The Morgan fingerprint density at radius 2 is 2.06 bits per heavy atom. The number of alkyl halides is 3. The molecule has 1 aromatic carbocycles. The standard InChI is InChI=1S/C10H8F3N3O/c1-14-9-15-8(16-17-9)6-3-2-4-7(5-6)10(11,12)13/h2-5H,1H3,(H,14,15,16). The van der Waals surface area contributed by atoms with Crippen molar-refractivity contribution in [3.05, 3.63) is 29.8 Å². The van der Waals surface area contributed by atoms with E-state index >= 15 is 0 Å². The number of aromatic nitrogens is 2. The second-order valence-corrected chi connectivity index (χ2v) is 3.25. The maximum atomic E-state index is 12.5. The van der Waals surface area contributed by atoms with Gasteiger partial charge in [-0.25, -0.2) is 0 Å². The molecule has 2 aromatic rings. The van der Waals surface area contributed by atoms with E-state index in [2.05, 4.69) is 15.5 Å². The summed E-state index contributed by atoms with van der Waals surface area (Å²) in [6, 6.07) is 4.90. The zero-order valence-corrected chi connectivity index (χ0v) is 8.75. The van der Waals surface area contributed by atoms with Crippen molar-refractivity contribution in [1.82, 2.24) is 10.1 Å². The highest BCUT2D eigenvalue weighted by Crippen LogP contribution is 2.31. The molecule has 0 amide bonds. The smallest absolute Gasteiger partial charge is 0.341 e. The Bertz CT molecular complexity index is 522. The number of anilines is 1. The monoisotopic (exact) mass is 243 g/mol. The SMILES string of the molecule is CNc1nc(-c2cccc(C(F)(F)F)c2)no1. The number of hydrogen-bond acceptors (Lipinski definition) is 4. The van der Waals surface area contributed by atoms with Crippen molar-refractivity contribution in [2.75, 3.05) is 12.4 Å². The first-order valence-corrected chi connectivity index (χ1v) is 4.70.